The second-order valence-corrected chi connectivity index (χ2v) is 6.15. The summed E-state index contributed by atoms with van der Waals surface area (Å²) in [5, 5.41) is 0. The highest BCUT2D eigenvalue weighted by atomic mass is 32.3. The molecule has 1 nitrogen and oxygen atoms in total. The molecule has 0 spiro atoms. The maximum Gasteiger partial charge on any atom is 0.163 e. The molecule has 0 aromatic rings. The summed E-state index contributed by atoms with van der Waals surface area (Å²) in [6, 6.07) is 0. The lowest BCUT2D eigenvalue weighted by Crippen LogP contribution is -2.30. The van der Waals surface area contributed by atoms with Gasteiger partial charge in [0.05, 0.1) is 0 Å². The molecule has 1 rings (SSSR count). The molecule has 60 valence electrons. The Labute approximate surface area is 70.1 Å². The number of hydrogen-bond acceptors (Lipinski definition) is 2. The summed E-state index contributed by atoms with van der Waals surface area (Å²) in [7, 11) is 0. The first-order valence-corrected chi connectivity index (χ1v) is 6.13. The number of thioether (sulfide) groups is 1. The zero-order valence-electron chi connectivity index (χ0n) is 6.50. The average Bonchev–Trinajstić information content (AvgIpc) is 1.88. The lowest BCUT2D eigenvalue weighted by molar-refractivity contribution is 0.570. The van der Waals surface area contributed by atoms with Crippen molar-refractivity contribution < 1.29 is 4.55 Å². The average molecular weight is 178 g/mol. The summed E-state index contributed by atoms with van der Waals surface area (Å²) < 4.78 is 11.7. The fourth-order valence-corrected chi connectivity index (χ4v) is 4.65. The van der Waals surface area contributed by atoms with Crippen LogP contribution in [-0.4, -0.2) is 20.6 Å². The molecule has 1 fully saturated rings. The highest BCUT2D eigenvalue weighted by Crippen LogP contribution is 2.30. The van der Waals surface area contributed by atoms with E-state index in [2.05, 4.69) is 13.8 Å². The molecule has 0 saturated carbocycles. The molecule has 0 radical (unpaired) electrons. The molecule has 1 saturated heterocycles. The van der Waals surface area contributed by atoms with Crippen molar-refractivity contribution >= 4 is 22.9 Å². The summed E-state index contributed by atoms with van der Waals surface area (Å²) in [5.41, 5.74) is 0. The van der Waals surface area contributed by atoms with E-state index in [1.807, 2.05) is 11.8 Å². The van der Waals surface area contributed by atoms with E-state index in [0.29, 0.717) is 10.5 Å². The molecule has 2 unspecified atom stereocenters. The van der Waals surface area contributed by atoms with Gasteiger partial charge in [0.1, 0.15) is 5.75 Å². The van der Waals surface area contributed by atoms with E-state index in [1.165, 1.54) is 5.75 Å². The van der Waals surface area contributed by atoms with Gasteiger partial charge in [-0.1, -0.05) is 13.8 Å². The van der Waals surface area contributed by atoms with Gasteiger partial charge >= 0.3 is 0 Å². The molecular formula is C7H14OS2. The van der Waals surface area contributed by atoms with E-state index in [1.54, 1.807) is 0 Å². The molecule has 1 aliphatic heterocycles. The van der Waals surface area contributed by atoms with Crippen molar-refractivity contribution in [3.8, 4) is 0 Å². The maximum absolute atomic E-state index is 11.3. The molecule has 0 bridgehead atoms. The summed E-state index contributed by atoms with van der Waals surface area (Å²) in [6.07, 6.45) is 1.14. The smallest absolute Gasteiger partial charge is 0.163 e. The zero-order valence-corrected chi connectivity index (χ0v) is 8.13. The van der Waals surface area contributed by atoms with Crippen molar-refractivity contribution in [3.05, 3.63) is 0 Å². The van der Waals surface area contributed by atoms with Crippen molar-refractivity contribution in [2.75, 3.05) is 11.5 Å². The van der Waals surface area contributed by atoms with Crippen LogP contribution in [0.3, 0.4) is 0 Å². The van der Waals surface area contributed by atoms with Crippen molar-refractivity contribution in [2.24, 2.45) is 5.92 Å². The van der Waals surface area contributed by atoms with Gasteiger partial charge in [0, 0.05) is 18.1 Å². The van der Waals surface area contributed by atoms with E-state index in [4.69, 9.17) is 0 Å². The van der Waals surface area contributed by atoms with Gasteiger partial charge in [-0.15, -0.1) is 11.8 Å². The Morgan fingerprint density at radius 1 is 1.60 bits per heavy atom. The van der Waals surface area contributed by atoms with E-state index in [0.717, 1.165) is 12.2 Å². The van der Waals surface area contributed by atoms with Crippen LogP contribution in [0.1, 0.15) is 20.3 Å². The molecule has 1 heterocycles. The highest BCUT2D eigenvalue weighted by molar-refractivity contribution is 8.14. The quantitative estimate of drug-likeness (QED) is 0.572. The first kappa shape index (κ1) is 8.75. The highest BCUT2D eigenvalue weighted by Gasteiger charge is 2.29. The second kappa shape index (κ2) is 3.88. The number of hydrogen-bond donors (Lipinski definition) is 0. The van der Waals surface area contributed by atoms with Crippen molar-refractivity contribution in [1.29, 1.82) is 0 Å². The summed E-state index contributed by atoms with van der Waals surface area (Å²) in [4.78, 5) is 0. The minimum atomic E-state index is -0.545. The minimum absolute atomic E-state index is 0.411. The van der Waals surface area contributed by atoms with Gasteiger partial charge in [0.25, 0.3) is 0 Å². The normalized spacial score (nSPS) is 34.8. The third kappa shape index (κ3) is 2.07. The monoisotopic (exact) mass is 178 g/mol. The molecule has 0 aromatic carbocycles. The van der Waals surface area contributed by atoms with Crippen LogP contribution in [0.4, 0.5) is 0 Å². The molecule has 10 heavy (non-hydrogen) atoms. The largest absolute Gasteiger partial charge is 0.615 e. The third-order valence-corrected chi connectivity index (χ3v) is 5.78. The van der Waals surface area contributed by atoms with Gasteiger partial charge in [0.15, 0.2) is 4.58 Å². The topological polar surface area (TPSA) is 23.1 Å². The molecule has 1 aliphatic rings. The van der Waals surface area contributed by atoms with Crippen molar-refractivity contribution in [2.45, 2.75) is 24.9 Å². The standard InChI is InChI=1S/C7H14OS2/c1-6(2)7-9-4-3-5-10(7)8/h6-7H,3-5H2,1-2H3. The van der Waals surface area contributed by atoms with Gasteiger partial charge in [-0.3, -0.25) is 0 Å². The summed E-state index contributed by atoms with van der Waals surface area (Å²) in [5.74, 6) is 2.70. The van der Waals surface area contributed by atoms with Crippen LogP contribution in [-0.2, 0) is 11.2 Å². The summed E-state index contributed by atoms with van der Waals surface area (Å²) >= 11 is 1.33. The van der Waals surface area contributed by atoms with Crippen LogP contribution in [0.2, 0.25) is 0 Å². The first-order valence-electron chi connectivity index (χ1n) is 3.70. The molecule has 0 aliphatic carbocycles. The minimum Gasteiger partial charge on any atom is -0.615 e. The Hall–Kier alpha value is 0.660. The van der Waals surface area contributed by atoms with Crippen molar-refractivity contribution in [3.63, 3.8) is 0 Å². The van der Waals surface area contributed by atoms with Crippen LogP contribution in [0.25, 0.3) is 0 Å². The van der Waals surface area contributed by atoms with Crippen LogP contribution < -0.4 is 0 Å². The Morgan fingerprint density at radius 3 is 2.70 bits per heavy atom. The van der Waals surface area contributed by atoms with Gasteiger partial charge in [0.2, 0.25) is 0 Å². The predicted molar refractivity (Wildman–Crippen MR) is 48.7 cm³/mol. The van der Waals surface area contributed by atoms with Crippen molar-refractivity contribution in [1.82, 2.24) is 0 Å². The predicted octanol–water partition coefficient (Wildman–Crippen LogP) is 1.85. The number of rotatable bonds is 1. The van der Waals surface area contributed by atoms with E-state index in [9.17, 15) is 4.55 Å². The van der Waals surface area contributed by atoms with E-state index in [-0.39, 0.29) is 0 Å². The Bertz CT molecular complexity index is 106. The van der Waals surface area contributed by atoms with Gasteiger partial charge < -0.3 is 4.55 Å². The molecule has 3 heteroatoms. The Kier molecular flexibility index (Phi) is 3.40. The van der Waals surface area contributed by atoms with Crippen LogP contribution >= 0.6 is 11.8 Å². The Morgan fingerprint density at radius 2 is 2.30 bits per heavy atom. The fraction of sp³-hybridized carbons (Fsp3) is 1.00. The van der Waals surface area contributed by atoms with Crippen LogP contribution in [0.5, 0.6) is 0 Å². The second-order valence-electron chi connectivity index (χ2n) is 2.92. The first-order chi connectivity index (χ1) is 4.72. The van der Waals surface area contributed by atoms with Gasteiger partial charge in [-0.05, 0) is 11.2 Å². The SMILES string of the molecule is CC(C)C1SCCC[S+]1[O-]. The lowest BCUT2D eigenvalue weighted by atomic mass is 10.3. The molecular weight excluding hydrogens is 164 g/mol. The molecule has 2 atom stereocenters. The summed E-state index contributed by atoms with van der Waals surface area (Å²) in [6.45, 7) is 4.31. The van der Waals surface area contributed by atoms with Gasteiger partial charge in [-0.25, -0.2) is 0 Å². The lowest BCUT2D eigenvalue weighted by Gasteiger charge is -2.27. The molecule has 0 N–H and O–H groups in total. The van der Waals surface area contributed by atoms with E-state index < -0.39 is 11.2 Å². The van der Waals surface area contributed by atoms with E-state index >= 15 is 0 Å². The molecule has 0 aromatic heterocycles. The zero-order chi connectivity index (χ0) is 7.56. The van der Waals surface area contributed by atoms with Gasteiger partial charge in [-0.2, -0.15) is 0 Å². The van der Waals surface area contributed by atoms with Crippen LogP contribution in [0, 0.1) is 5.92 Å². The van der Waals surface area contributed by atoms with Crippen LogP contribution in [0.15, 0.2) is 0 Å². The Balaban J connectivity index is 2.40. The third-order valence-electron chi connectivity index (χ3n) is 1.58. The maximum atomic E-state index is 11.3. The fourth-order valence-electron chi connectivity index (χ4n) is 1.09. The molecule has 0 amide bonds.